The van der Waals surface area contributed by atoms with Gasteiger partial charge in [-0.3, -0.25) is 15.3 Å². The average molecular weight is 405 g/mol. The number of rotatable bonds is 5. The highest BCUT2D eigenvalue weighted by Gasteiger charge is 2.19. The molecule has 0 saturated heterocycles. The molecular formula is C21H19N5O4. The van der Waals surface area contributed by atoms with E-state index in [1.165, 1.54) is 7.11 Å². The summed E-state index contributed by atoms with van der Waals surface area (Å²) in [4.78, 5) is 28.2. The number of carbonyl (C=O) groups is 1. The fraction of sp³-hybridized carbons (Fsp3) is 0.143. The van der Waals surface area contributed by atoms with Crippen molar-refractivity contribution in [2.24, 2.45) is 0 Å². The number of ether oxygens (including phenoxy) is 3. The van der Waals surface area contributed by atoms with Crippen LogP contribution in [-0.2, 0) is 4.74 Å². The van der Waals surface area contributed by atoms with Crippen molar-refractivity contribution in [3.8, 4) is 34.0 Å². The first-order chi connectivity index (χ1) is 14.6. The van der Waals surface area contributed by atoms with Crippen LogP contribution in [0, 0.1) is 0 Å². The van der Waals surface area contributed by atoms with Crippen LogP contribution in [0.1, 0.15) is 0 Å². The Morgan fingerprint density at radius 1 is 0.967 bits per heavy atom. The zero-order valence-electron chi connectivity index (χ0n) is 16.6. The van der Waals surface area contributed by atoms with E-state index in [9.17, 15) is 4.79 Å². The van der Waals surface area contributed by atoms with Crippen LogP contribution in [-0.4, -0.2) is 47.4 Å². The van der Waals surface area contributed by atoms with E-state index in [0.29, 0.717) is 23.0 Å². The number of aromatic amines is 1. The minimum Gasteiger partial charge on any atom is -0.495 e. The Bertz CT molecular complexity index is 1200. The van der Waals surface area contributed by atoms with Gasteiger partial charge in [0.05, 0.1) is 61.7 Å². The topological polar surface area (TPSA) is 111 Å². The van der Waals surface area contributed by atoms with Crippen LogP contribution in [0.5, 0.6) is 11.5 Å². The lowest BCUT2D eigenvalue weighted by Crippen LogP contribution is -2.11. The number of hydrogen-bond donors (Lipinski definition) is 2. The lowest BCUT2D eigenvalue weighted by Gasteiger charge is -2.08. The van der Waals surface area contributed by atoms with Gasteiger partial charge in [0.15, 0.2) is 0 Å². The lowest BCUT2D eigenvalue weighted by atomic mass is 10.0. The number of nitrogens with one attached hydrogen (secondary N) is 2. The minimum atomic E-state index is -0.597. The van der Waals surface area contributed by atoms with Crippen LogP contribution in [0.4, 0.5) is 10.6 Å². The Labute approximate surface area is 172 Å². The smallest absolute Gasteiger partial charge is 0.412 e. The Balaban J connectivity index is 1.90. The second-order valence-electron chi connectivity index (χ2n) is 6.28. The first kappa shape index (κ1) is 19.2. The van der Waals surface area contributed by atoms with Crippen LogP contribution in [0.2, 0.25) is 0 Å². The first-order valence-corrected chi connectivity index (χ1v) is 9.00. The Hall–Kier alpha value is -4.14. The van der Waals surface area contributed by atoms with Crippen LogP contribution in [0.3, 0.4) is 0 Å². The van der Waals surface area contributed by atoms with E-state index in [4.69, 9.17) is 9.47 Å². The van der Waals surface area contributed by atoms with E-state index < -0.39 is 6.09 Å². The molecular weight excluding hydrogens is 386 g/mol. The molecule has 0 unspecified atom stereocenters. The summed E-state index contributed by atoms with van der Waals surface area (Å²) in [6, 6.07) is 9.15. The number of anilines is 1. The third-order valence-corrected chi connectivity index (χ3v) is 4.54. The molecule has 0 spiro atoms. The molecule has 0 radical (unpaired) electrons. The van der Waals surface area contributed by atoms with Crippen molar-refractivity contribution in [3.63, 3.8) is 0 Å². The van der Waals surface area contributed by atoms with Crippen molar-refractivity contribution < 1.29 is 19.0 Å². The normalized spacial score (nSPS) is 10.6. The monoisotopic (exact) mass is 405 g/mol. The standard InChI is InChI=1S/C21H19N5O4/c1-28-13-4-5-15(23-10-13)18-19(25-16-9-14(29-2)11-24-20(16)18)12-6-7-22-17(8-12)26-21(27)30-3/h4-11,25H,1-3H3,(H,22,26,27). The van der Waals surface area contributed by atoms with E-state index >= 15 is 0 Å². The molecule has 4 heterocycles. The molecule has 0 aliphatic carbocycles. The number of nitrogens with zero attached hydrogens (tertiary/aromatic N) is 3. The number of amides is 1. The Kier molecular flexibility index (Phi) is 5.17. The van der Waals surface area contributed by atoms with Crippen molar-refractivity contribution in [1.29, 1.82) is 0 Å². The number of carbonyl (C=O) groups excluding carboxylic acids is 1. The molecule has 0 aliphatic rings. The molecule has 0 fully saturated rings. The van der Waals surface area contributed by atoms with E-state index in [1.807, 2.05) is 24.3 Å². The van der Waals surface area contributed by atoms with Gasteiger partial charge in [-0.1, -0.05) is 0 Å². The number of pyridine rings is 3. The van der Waals surface area contributed by atoms with Crippen molar-refractivity contribution in [2.45, 2.75) is 0 Å². The molecule has 0 saturated carbocycles. The summed E-state index contributed by atoms with van der Waals surface area (Å²) in [5.41, 5.74) is 4.62. The van der Waals surface area contributed by atoms with E-state index in [1.54, 1.807) is 38.9 Å². The maximum Gasteiger partial charge on any atom is 0.412 e. The van der Waals surface area contributed by atoms with Gasteiger partial charge in [-0.2, -0.15) is 0 Å². The molecule has 9 heteroatoms. The summed E-state index contributed by atoms with van der Waals surface area (Å²) in [5.74, 6) is 1.65. The second kappa shape index (κ2) is 8.08. The Morgan fingerprint density at radius 2 is 1.77 bits per heavy atom. The molecule has 4 aromatic rings. The molecule has 0 atom stereocenters. The number of methoxy groups -OCH3 is 3. The van der Waals surface area contributed by atoms with Crippen molar-refractivity contribution >= 4 is 22.9 Å². The predicted molar refractivity (Wildman–Crippen MR) is 112 cm³/mol. The molecule has 9 nitrogen and oxygen atoms in total. The van der Waals surface area contributed by atoms with Gasteiger partial charge in [-0.25, -0.2) is 9.78 Å². The van der Waals surface area contributed by atoms with Gasteiger partial charge in [0.1, 0.15) is 17.3 Å². The third kappa shape index (κ3) is 3.60. The summed E-state index contributed by atoms with van der Waals surface area (Å²) >= 11 is 0. The number of fused-ring (bicyclic) bond motifs is 1. The summed E-state index contributed by atoms with van der Waals surface area (Å²) in [6.45, 7) is 0. The maximum absolute atomic E-state index is 11.6. The zero-order valence-corrected chi connectivity index (χ0v) is 16.6. The van der Waals surface area contributed by atoms with E-state index in [0.717, 1.165) is 27.9 Å². The van der Waals surface area contributed by atoms with Gasteiger partial charge < -0.3 is 19.2 Å². The summed E-state index contributed by atoms with van der Waals surface area (Å²) in [7, 11) is 4.48. The van der Waals surface area contributed by atoms with Crippen LogP contribution < -0.4 is 14.8 Å². The number of H-pyrrole nitrogens is 1. The number of aromatic nitrogens is 4. The van der Waals surface area contributed by atoms with Crippen molar-refractivity contribution in [3.05, 3.63) is 48.9 Å². The highest BCUT2D eigenvalue weighted by Crippen LogP contribution is 2.38. The molecule has 4 rings (SSSR count). The highest BCUT2D eigenvalue weighted by atomic mass is 16.5. The SMILES string of the molecule is COC(=O)Nc1cc(-c2[nH]c3cc(OC)cnc3c2-c2ccc(OC)cn2)ccn1. The van der Waals surface area contributed by atoms with Crippen molar-refractivity contribution in [2.75, 3.05) is 26.6 Å². The quantitative estimate of drug-likeness (QED) is 0.518. The van der Waals surface area contributed by atoms with Crippen LogP contribution in [0.25, 0.3) is 33.5 Å². The maximum atomic E-state index is 11.6. The van der Waals surface area contributed by atoms with E-state index in [2.05, 4.69) is 30.0 Å². The third-order valence-electron chi connectivity index (χ3n) is 4.54. The molecule has 1 amide bonds. The fourth-order valence-corrected chi connectivity index (χ4v) is 3.09. The molecule has 4 aromatic heterocycles. The highest BCUT2D eigenvalue weighted by molar-refractivity contribution is 6.01. The van der Waals surface area contributed by atoms with Gasteiger partial charge in [0.25, 0.3) is 0 Å². The fourth-order valence-electron chi connectivity index (χ4n) is 3.09. The first-order valence-electron chi connectivity index (χ1n) is 9.00. The minimum absolute atomic E-state index is 0.359. The zero-order chi connectivity index (χ0) is 21.1. The molecule has 30 heavy (non-hydrogen) atoms. The summed E-state index contributed by atoms with van der Waals surface area (Å²) in [6.07, 6.45) is 4.31. The van der Waals surface area contributed by atoms with Crippen LogP contribution >= 0.6 is 0 Å². The van der Waals surface area contributed by atoms with Gasteiger partial charge in [0.2, 0.25) is 0 Å². The van der Waals surface area contributed by atoms with Crippen LogP contribution in [0.15, 0.2) is 48.9 Å². The van der Waals surface area contributed by atoms with Gasteiger partial charge >= 0.3 is 6.09 Å². The molecule has 0 aliphatic heterocycles. The molecule has 0 aromatic carbocycles. The van der Waals surface area contributed by atoms with Gasteiger partial charge in [-0.05, 0) is 24.3 Å². The second-order valence-corrected chi connectivity index (χ2v) is 6.28. The molecule has 2 N–H and O–H groups in total. The molecule has 152 valence electrons. The van der Waals surface area contributed by atoms with E-state index in [-0.39, 0.29) is 0 Å². The molecule has 0 bridgehead atoms. The number of hydrogen-bond acceptors (Lipinski definition) is 7. The van der Waals surface area contributed by atoms with Crippen molar-refractivity contribution in [1.82, 2.24) is 19.9 Å². The largest absolute Gasteiger partial charge is 0.495 e. The Morgan fingerprint density at radius 3 is 2.47 bits per heavy atom. The summed E-state index contributed by atoms with van der Waals surface area (Å²) < 4.78 is 15.2. The average Bonchev–Trinajstić information content (AvgIpc) is 3.17. The predicted octanol–water partition coefficient (Wildman–Crippen LogP) is 3.88. The van der Waals surface area contributed by atoms with Gasteiger partial charge in [-0.15, -0.1) is 0 Å². The van der Waals surface area contributed by atoms with Gasteiger partial charge in [0, 0.05) is 17.8 Å². The summed E-state index contributed by atoms with van der Waals surface area (Å²) in [5, 5.41) is 2.57. The lowest BCUT2D eigenvalue weighted by molar-refractivity contribution is 0.187.